The summed E-state index contributed by atoms with van der Waals surface area (Å²) in [5, 5.41) is 5.02. The molecule has 1 saturated heterocycles. The number of hydrogen-bond donors (Lipinski definition) is 0. The highest BCUT2D eigenvalue weighted by Gasteiger charge is 2.27. The molecule has 6 rings (SSSR count). The van der Waals surface area contributed by atoms with Crippen molar-refractivity contribution < 1.29 is 9.32 Å². The van der Waals surface area contributed by atoms with Crippen LogP contribution in [-0.4, -0.2) is 57.6 Å². The standard InChI is InChI=1S/C33H35N5O2/c1-20-15-26(33-34-23(4)40-35-33)11-13-28(20)24-7-9-25(10-8-24)32(39)30-19-36(5)31-14-12-27(16-29(30)31)38-17-21(2)37(6)22(3)18-38/h7-16,19,21-22H,17-18H2,1-6H3. The maximum absolute atomic E-state index is 13.8. The Labute approximate surface area is 235 Å². The predicted molar refractivity (Wildman–Crippen MR) is 160 cm³/mol. The van der Waals surface area contributed by atoms with E-state index in [1.165, 1.54) is 5.69 Å². The molecule has 1 aliphatic heterocycles. The summed E-state index contributed by atoms with van der Waals surface area (Å²) in [6, 6.07) is 21.5. The molecule has 2 aromatic heterocycles. The van der Waals surface area contributed by atoms with Crippen LogP contribution in [0.25, 0.3) is 33.4 Å². The fraction of sp³-hybridized carbons (Fsp3) is 0.303. The minimum absolute atomic E-state index is 0.0361. The molecule has 0 radical (unpaired) electrons. The molecule has 0 bridgehead atoms. The number of aryl methyl sites for hydroxylation is 3. The molecule has 1 fully saturated rings. The van der Waals surface area contributed by atoms with Gasteiger partial charge in [-0.15, -0.1) is 0 Å². The Morgan fingerprint density at radius 3 is 2.25 bits per heavy atom. The summed E-state index contributed by atoms with van der Waals surface area (Å²) in [5.74, 6) is 1.17. The fourth-order valence-corrected chi connectivity index (χ4v) is 5.87. The van der Waals surface area contributed by atoms with E-state index in [2.05, 4.69) is 78.1 Å². The number of rotatable bonds is 5. The molecular weight excluding hydrogens is 498 g/mol. The number of hydrogen-bond acceptors (Lipinski definition) is 6. The zero-order valence-electron chi connectivity index (χ0n) is 24.0. The highest BCUT2D eigenvalue weighted by atomic mass is 16.5. The average molecular weight is 534 g/mol. The summed E-state index contributed by atoms with van der Waals surface area (Å²) in [6.07, 6.45) is 1.96. The number of fused-ring (bicyclic) bond motifs is 1. The third-order valence-corrected chi connectivity index (χ3v) is 8.41. The summed E-state index contributed by atoms with van der Waals surface area (Å²) >= 11 is 0. The van der Waals surface area contributed by atoms with Gasteiger partial charge in [-0.1, -0.05) is 41.6 Å². The molecule has 3 heterocycles. The van der Waals surface area contributed by atoms with E-state index in [9.17, 15) is 4.79 Å². The highest BCUT2D eigenvalue weighted by Crippen LogP contribution is 2.31. The molecule has 1 aliphatic rings. The fourth-order valence-electron chi connectivity index (χ4n) is 5.87. The van der Waals surface area contributed by atoms with Crippen LogP contribution in [0.15, 0.2) is 71.4 Å². The molecule has 3 aromatic carbocycles. The van der Waals surface area contributed by atoms with E-state index in [1.54, 1.807) is 6.92 Å². The first-order chi connectivity index (χ1) is 19.2. The quantitative estimate of drug-likeness (QED) is 0.248. The number of benzene rings is 3. The summed E-state index contributed by atoms with van der Waals surface area (Å²) in [7, 11) is 4.20. The van der Waals surface area contributed by atoms with Crippen LogP contribution in [0.2, 0.25) is 0 Å². The van der Waals surface area contributed by atoms with Crippen LogP contribution in [0.1, 0.15) is 41.2 Å². The Kier molecular flexibility index (Phi) is 6.55. The van der Waals surface area contributed by atoms with Crippen molar-refractivity contribution in [2.45, 2.75) is 39.8 Å². The Morgan fingerprint density at radius 2 is 1.60 bits per heavy atom. The molecule has 7 nitrogen and oxygen atoms in total. The minimum atomic E-state index is 0.0361. The number of nitrogens with zero attached hydrogens (tertiary/aromatic N) is 5. The van der Waals surface area contributed by atoms with Gasteiger partial charge in [-0.25, -0.2) is 0 Å². The van der Waals surface area contributed by atoms with Gasteiger partial charge in [0.1, 0.15) is 0 Å². The monoisotopic (exact) mass is 533 g/mol. The van der Waals surface area contributed by atoms with Crippen molar-refractivity contribution in [1.29, 1.82) is 0 Å². The van der Waals surface area contributed by atoms with Crippen LogP contribution >= 0.6 is 0 Å². The number of anilines is 1. The maximum atomic E-state index is 13.8. The largest absolute Gasteiger partial charge is 0.368 e. The lowest BCUT2D eigenvalue weighted by Gasteiger charge is -2.43. The van der Waals surface area contributed by atoms with Crippen molar-refractivity contribution in [1.82, 2.24) is 19.6 Å². The first-order valence-corrected chi connectivity index (χ1v) is 13.8. The molecule has 2 atom stereocenters. The number of carbonyl (C=O) groups excluding carboxylic acids is 1. The molecule has 40 heavy (non-hydrogen) atoms. The third-order valence-electron chi connectivity index (χ3n) is 8.41. The Morgan fingerprint density at radius 1 is 0.900 bits per heavy atom. The summed E-state index contributed by atoms with van der Waals surface area (Å²) in [5.41, 5.74) is 7.83. The molecule has 0 spiro atoms. The average Bonchev–Trinajstić information content (AvgIpc) is 3.53. The second-order valence-corrected chi connectivity index (χ2v) is 11.2. The molecule has 204 valence electrons. The maximum Gasteiger partial charge on any atom is 0.223 e. The van der Waals surface area contributed by atoms with Gasteiger partial charge < -0.3 is 14.0 Å². The Hall–Kier alpha value is -4.23. The van der Waals surface area contributed by atoms with Crippen molar-refractivity contribution in [3.63, 3.8) is 0 Å². The second-order valence-electron chi connectivity index (χ2n) is 11.2. The first kappa shape index (κ1) is 26.0. The molecular formula is C33H35N5O2. The van der Waals surface area contributed by atoms with E-state index in [0.29, 0.717) is 29.4 Å². The number of aromatic nitrogens is 3. The van der Waals surface area contributed by atoms with Crippen molar-refractivity contribution in [2.24, 2.45) is 7.05 Å². The van der Waals surface area contributed by atoms with E-state index in [1.807, 2.05) is 48.1 Å². The van der Waals surface area contributed by atoms with E-state index in [4.69, 9.17) is 4.52 Å². The van der Waals surface area contributed by atoms with E-state index in [-0.39, 0.29) is 5.78 Å². The van der Waals surface area contributed by atoms with Crippen LogP contribution in [0.5, 0.6) is 0 Å². The van der Waals surface area contributed by atoms with E-state index >= 15 is 0 Å². The van der Waals surface area contributed by atoms with Gasteiger partial charge >= 0.3 is 0 Å². The third kappa shape index (κ3) is 4.60. The topological polar surface area (TPSA) is 67.4 Å². The van der Waals surface area contributed by atoms with Gasteiger partial charge in [-0.3, -0.25) is 9.69 Å². The molecule has 0 saturated carbocycles. The smallest absolute Gasteiger partial charge is 0.223 e. The van der Waals surface area contributed by atoms with Gasteiger partial charge in [-0.2, -0.15) is 4.98 Å². The van der Waals surface area contributed by atoms with Gasteiger partial charge in [0.15, 0.2) is 5.78 Å². The van der Waals surface area contributed by atoms with Gasteiger partial charge in [0, 0.05) is 78.6 Å². The van der Waals surface area contributed by atoms with Gasteiger partial charge in [0.2, 0.25) is 11.7 Å². The molecule has 7 heteroatoms. The van der Waals surface area contributed by atoms with Crippen LogP contribution in [-0.2, 0) is 7.05 Å². The predicted octanol–water partition coefficient (Wildman–Crippen LogP) is 6.27. The lowest BCUT2D eigenvalue weighted by atomic mass is 9.95. The second kappa shape index (κ2) is 10.1. The zero-order chi connectivity index (χ0) is 28.1. The molecule has 2 unspecified atom stereocenters. The molecule has 0 N–H and O–H groups in total. The Balaban J connectivity index is 1.28. The summed E-state index contributed by atoms with van der Waals surface area (Å²) in [4.78, 5) is 23.0. The lowest BCUT2D eigenvalue weighted by molar-refractivity contribution is 0.104. The molecule has 0 aliphatic carbocycles. The SMILES string of the molecule is Cc1nc(-c2ccc(-c3ccc(C(=O)c4cn(C)c5ccc(N6CC(C)N(C)C(C)C6)cc45)cc3)c(C)c2)no1. The highest BCUT2D eigenvalue weighted by molar-refractivity contribution is 6.17. The number of carbonyl (C=O) groups is 1. The van der Waals surface area contributed by atoms with Crippen LogP contribution in [0, 0.1) is 13.8 Å². The van der Waals surface area contributed by atoms with Crippen molar-refractivity contribution >= 4 is 22.4 Å². The molecule has 0 amide bonds. The summed E-state index contributed by atoms with van der Waals surface area (Å²) in [6.45, 7) is 10.3. The van der Waals surface area contributed by atoms with Crippen LogP contribution < -0.4 is 4.90 Å². The minimum Gasteiger partial charge on any atom is -0.368 e. The van der Waals surface area contributed by atoms with E-state index in [0.717, 1.165) is 51.8 Å². The van der Waals surface area contributed by atoms with Gasteiger partial charge in [-0.05, 0) is 68.8 Å². The Bertz CT molecular complexity index is 1700. The van der Waals surface area contributed by atoms with Crippen LogP contribution in [0.3, 0.4) is 0 Å². The van der Waals surface area contributed by atoms with E-state index < -0.39 is 0 Å². The van der Waals surface area contributed by atoms with Gasteiger partial charge in [0.25, 0.3) is 0 Å². The normalized spacial score (nSPS) is 18.0. The first-order valence-electron chi connectivity index (χ1n) is 13.8. The van der Waals surface area contributed by atoms with Crippen LogP contribution in [0.4, 0.5) is 5.69 Å². The van der Waals surface area contributed by atoms with Gasteiger partial charge in [0.05, 0.1) is 0 Å². The molecule has 5 aromatic rings. The summed E-state index contributed by atoms with van der Waals surface area (Å²) < 4.78 is 7.17. The number of ketones is 1. The zero-order valence-corrected chi connectivity index (χ0v) is 24.0. The number of likely N-dealkylation sites (N-methyl/N-ethyl adjacent to an activating group) is 1. The van der Waals surface area contributed by atoms with Crippen molar-refractivity contribution in [2.75, 3.05) is 25.0 Å². The number of piperazine rings is 1. The van der Waals surface area contributed by atoms with Crippen molar-refractivity contribution in [3.05, 3.63) is 89.4 Å². The lowest BCUT2D eigenvalue weighted by Crippen LogP contribution is -2.55. The van der Waals surface area contributed by atoms with Crippen molar-refractivity contribution in [3.8, 4) is 22.5 Å².